The molecule has 0 aliphatic carbocycles. The van der Waals surface area contributed by atoms with Crippen molar-refractivity contribution in [2.24, 2.45) is 0 Å². The zero-order valence-electron chi connectivity index (χ0n) is 11.1. The normalized spacial score (nSPS) is 11.0. The van der Waals surface area contributed by atoms with Gasteiger partial charge in [-0.3, -0.25) is 0 Å². The van der Waals surface area contributed by atoms with Crippen LogP contribution in [0.3, 0.4) is 0 Å². The van der Waals surface area contributed by atoms with Crippen molar-refractivity contribution < 1.29 is 13.2 Å². The zero-order valence-corrected chi connectivity index (χ0v) is 13.4. The van der Waals surface area contributed by atoms with Crippen molar-refractivity contribution in [2.45, 2.75) is 18.2 Å². The van der Waals surface area contributed by atoms with Crippen molar-refractivity contribution in [3.8, 4) is 17.6 Å². The molecule has 1 aromatic heterocycles. The number of nitrogens with zero attached hydrogens (tertiary/aromatic N) is 1. The van der Waals surface area contributed by atoms with E-state index in [0.717, 1.165) is 0 Å². The first-order valence-corrected chi connectivity index (χ1v) is 8.68. The molecular weight excluding hydrogens is 333 g/mol. The average molecular weight is 344 g/mol. The standard InChI is InChI=1S/C14H11Cl2NO3S/c1-2-3-4-9-20-11-6-7-12(21(16,18)19)10-5-8-13(15)17-14(10)11/h5-8H,4,9H2,1H3. The minimum absolute atomic E-state index is 0.0240. The predicted octanol–water partition coefficient (Wildman–Crippen LogP) is 3.61. The molecule has 1 heterocycles. The molecule has 21 heavy (non-hydrogen) atoms. The molecule has 2 rings (SSSR count). The molecule has 2 aromatic rings. The third-order valence-corrected chi connectivity index (χ3v) is 4.26. The molecule has 110 valence electrons. The van der Waals surface area contributed by atoms with Crippen molar-refractivity contribution >= 4 is 42.2 Å². The Morgan fingerprint density at radius 1 is 1.29 bits per heavy atom. The van der Waals surface area contributed by atoms with Gasteiger partial charge in [-0.1, -0.05) is 11.6 Å². The first-order valence-electron chi connectivity index (χ1n) is 6.00. The van der Waals surface area contributed by atoms with E-state index in [1.54, 1.807) is 13.0 Å². The van der Waals surface area contributed by atoms with Gasteiger partial charge in [-0.15, -0.1) is 11.8 Å². The lowest BCUT2D eigenvalue weighted by atomic mass is 10.2. The van der Waals surface area contributed by atoms with Gasteiger partial charge in [0, 0.05) is 22.5 Å². The topological polar surface area (TPSA) is 56.3 Å². The molecule has 7 heteroatoms. The second kappa shape index (κ2) is 6.52. The number of benzene rings is 1. The molecular formula is C14H11Cl2NO3S. The lowest BCUT2D eigenvalue weighted by Gasteiger charge is -2.10. The van der Waals surface area contributed by atoms with E-state index in [0.29, 0.717) is 29.7 Å². The van der Waals surface area contributed by atoms with Crippen LogP contribution in [0.15, 0.2) is 29.2 Å². The highest BCUT2D eigenvalue weighted by Crippen LogP contribution is 2.32. The van der Waals surface area contributed by atoms with Crippen LogP contribution in [0.2, 0.25) is 5.15 Å². The number of aromatic nitrogens is 1. The summed E-state index contributed by atoms with van der Waals surface area (Å²) in [6, 6.07) is 5.96. The zero-order chi connectivity index (χ0) is 15.5. The molecule has 0 aliphatic heterocycles. The summed E-state index contributed by atoms with van der Waals surface area (Å²) in [7, 11) is 1.55. The van der Waals surface area contributed by atoms with E-state index < -0.39 is 9.05 Å². The van der Waals surface area contributed by atoms with Gasteiger partial charge in [0.2, 0.25) is 0 Å². The van der Waals surface area contributed by atoms with Crippen LogP contribution in [0.5, 0.6) is 5.75 Å². The van der Waals surface area contributed by atoms with Crippen molar-refractivity contribution in [3.63, 3.8) is 0 Å². The highest BCUT2D eigenvalue weighted by Gasteiger charge is 2.17. The summed E-state index contributed by atoms with van der Waals surface area (Å²) in [6.45, 7) is 2.12. The molecule has 0 saturated carbocycles. The van der Waals surface area contributed by atoms with Gasteiger partial charge in [0.1, 0.15) is 16.4 Å². The first-order chi connectivity index (χ1) is 9.93. The highest BCUT2D eigenvalue weighted by molar-refractivity contribution is 8.14. The second-order valence-electron chi connectivity index (χ2n) is 4.06. The molecule has 0 aliphatic rings. The Balaban J connectivity index is 2.52. The number of hydrogen-bond donors (Lipinski definition) is 0. The Hall–Kier alpha value is -1.48. The van der Waals surface area contributed by atoms with Crippen LogP contribution in [0.1, 0.15) is 13.3 Å². The van der Waals surface area contributed by atoms with Gasteiger partial charge < -0.3 is 4.74 Å². The van der Waals surface area contributed by atoms with Crippen LogP contribution in [-0.2, 0) is 9.05 Å². The minimum Gasteiger partial charge on any atom is -0.490 e. The monoisotopic (exact) mass is 343 g/mol. The largest absolute Gasteiger partial charge is 0.490 e. The van der Waals surface area contributed by atoms with E-state index in [1.165, 1.54) is 18.2 Å². The smallest absolute Gasteiger partial charge is 0.261 e. The van der Waals surface area contributed by atoms with Crippen LogP contribution >= 0.6 is 22.3 Å². The Labute approximate surface area is 132 Å². The third kappa shape index (κ3) is 3.79. The van der Waals surface area contributed by atoms with Gasteiger partial charge in [-0.2, -0.15) is 0 Å². The van der Waals surface area contributed by atoms with E-state index in [-0.39, 0.29) is 10.0 Å². The number of halogens is 2. The van der Waals surface area contributed by atoms with E-state index >= 15 is 0 Å². The summed E-state index contributed by atoms with van der Waals surface area (Å²) in [6.07, 6.45) is 0.564. The summed E-state index contributed by atoms with van der Waals surface area (Å²) in [5.74, 6) is 6.08. The van der Waals surface area contributed by atoms with Crippen molar-refractivity contribution in [2.75, 3.05) is 6.61 Å². The number of pyridine rings is 1. The third-order valence-electron chi connectivity index (χ3n) is 2.67. The van der Waals surface area contributed by atoms with Gasteiger partial charge in [0.25, 0.3) is 9.05 Å². The van der Waals surface area contributed by atoms with E-state index in [1.807, 2.05) is 0 Å². The number of ether oxygens (including phenoxy) is 1. The van der Waals surface area contributed by atoms with Crippen LogP contribution in [0, 0.1) is 11.8 Å². The van der Waals surface area contributed by atoms with Crippen LogP contribution < -0.4 is 4.74 Å². The average Bonchev–Trinajstić information content (AvgIpc) is 2.42. The maximum absolute atomic E-state index is 11.6. The molecule has 0 fully saturated rings. The minimum atomic E-state index is -3.88. The number of hydrogen-bond acceptors (Lipinski definition) is 4. The van der Waals surface area contributed by atoms with Gasteiger partial charge in [-0.05, 0) is 31.2 Å². The Kier molecular flexibility index (Phi) is 4.94. The SMILES string of the molecule is CC#CCCOc1ccc(S(=O)(=O)Cl)c2ccc(Cl)nc12. The highest BCUT2D eigenvalue weighted by atomic mass is 35.7. The summed E-state index contributed by atoms with van der Waals surface area (Å²) in [5, 5.41) is 0.610. The van der Waals surface area contributed by atoms with E-state index in [9.17, 15) is 8.42 Å². The quantitative estimate of drug-likeness (QED) is 0.368. The summed E-state index contributed by atoms with van der Waals surface area (Å²) in [5.41, 5.74) is 0.355. The molecule has 0 spiro atoms. The molecule has 0 unspecified atom stereocenters. The molecule has 0 saturated heterocycles. The van der Waals surface area contributed by atoms with E-state index in [2.05, 4.69) is 16.8 Å². The molecule has 4 nitrogen and oxygen atoms in total. The second-order valence-corrected chi connectivity index (χ2v) is 6.98. The van der Waals surface area contributed by atoms with Gasteiger partial charge >= 0.3 is 0 Å². The fourth-order valence-corrected chi connectivity index (χ4v) is 3.02. The molecule has 0 bridgehead atoms. The van der Waals surface area contributed by atoms with Crippen LogP contribution in [0.4, 0.5) is 0 Å². The summed E-state index contributed by atoms with van der Waals surface area (Å²) >= 11 is 5.87. The first kappa shape index (κ1) is 15.9. The fourth-order valence-electron chi connectivity index (χ4n) is 1.81. The Bertz CT molecular complexity index is 838. The maximum Gasteiger partial charge on any atom is 0.261 e. The van der Waals surface area contributed by atoms with Gasteiger partial charge in [-0.25, -0.2) is 13.4 Å². The Morgan fingerprint density at radius 3 is 2.71 bits per heavy atom. The lowest BCUT2D eigenvalue weighted by molar-refractivity contribution is 0.330. The van der Waals surface area contributed by atoms with E-state index in [4.69, 9.17) is 27.0 Å². The van der Waals surface area contributed by atoms with Crippen molar-refractivity contribution in [3.05, 3.63) is 29.4 Å². The molecule has 0 atom stereocenters. The van der Waals surface area contributed by atoms with Crippen molar-refractivity contribution in [1.82, 2.24) is 4.98 Å². The van der Waals surface area contributed by atoms with Gasteiger partial charge in [0.15, 0.2) is 0 Å². The Morgan fingerprint density at radius 2 is 2.05 bits per heavy atom. The fraction of sp³-hybridized carbons (Fsp3) is 0.214. The lowest BCUT2D eigenvalue weighted by Crippen LogP contribution is -2.00. The summed E-state index contributed by atoms with van der Waals surface area (Å²) in [4.78, 5) is 4.11. The van der Waals surface area contributed by atoms with Crippen LogP contribution in [0.25, 0.3) is 10.9 Å². The molecule has 0 radical (unpaired) electrons. The van der Waals surface area contributed by atoms with Crippen LogP contribution in [-0.4, -0.2) is 20.0 Å². The number of rotatable bonds is 4. The predicted molar refractivity (Wildman–Crippen MR) is 83.4 cm³/mol. The van der Waals surface area contributed by atoms with Crippen molar-refractivity contribution in [1.29, 1.82) is 0 Å². The summed E-state index contributed by atoms with van der Waals surface area (Å²) < 4.78 is 28.8. The number of fused-ring (bicyclic) bond motifs is 1. The molecule has 1 aromatic carbocycles. The molecule has 0 amide bonds. The molecule has 0 N–H and O–H groups in total. The van der Waals surface area contributed by atoms with Gasteiger partial charge in [0.05, 0.1) is 11.5 Å². The maximum atomic E-state index is 11.6.